The third-order valence-corrected chi connectivity index (χ3v) is 5.07. The molecule has 0 bridgehead atoms. The van der Waals surface area contributed by atoms with Gasteiger partial charge in [-0.05, 0) is 31.7 Å². The molecular formula is C17H20ClN3. The van der Waals surface area contributed by atoms with Crippen molar-refractivity contribution in [2.75, 3.05) is 5.73 Å². The van der Waals surface area contributed by atoms with E-state index in [4.69, 9.17) is 22.3 Å². The van der Waals surface area contributed by atoms with Crippen LogP contribution in [0.25, 0.3) is 11.3 Å². The number of benzene rings is 1. The maximum atomic E-state index is 6.46. The van der Waals surface area contributed by atoms with E-state index in [1.54, 1.807) is 0 Å². The van der Waals surface area contributed by atoms with Crippen molar-refractivity contribution in [3.8, 4) is 11.3 Å². The zero-order valence-corrected chi connectivity index (χ0v) is 12.8. The van der Waals surface area contributed by atoms with Gasteiger partial charge >= 0.3 is 0 Å². The SMILES string of the molecule is Nc1c(-c2ccccc2Cl)nc(C2CCCC2)n1C1CC1. The highest BCUT2D eigenvalue weighted by atomic mass is 35.5. The van der Waals surface area contributed by atoms with Crippen molar-refractivity contribution in [2.45, 2.75) is 50.5 Å². The van der Waals surface area contributed by atoms with Crippen LogP contribution < -0.4 is 5.73 Å². The summed E-state index contributed by atoms with van der Waals surface area (Å²) < 4.78 is 2.30. The number of rotatable bonds is 3. The second-order valence-corrected chi connectivity index (χ2v) is 6.67. The zero-order valence-electron chi connectivity index (χ0n) is 12.1. The molecule has 0 unspecified atom stereocenters. The first-order chi connectivity index (χ1) is 10.3. The lowest BCUT2D eigenvalue weighted by Crippen LogP contribution is -2.08. The first-order valence-electron chi connectivity index (χ1n) is 7.88. The molecule has 21 heavy (non-hydrogen) atoms. The second-order valence-electron chi connectivity index (χ2n) is 6.27. The number of hydrogen-bond acceptors (Lipinski definition) is 2. The van der Waals surface area contributed by atoms with Crippen LogP contribution in [0, 0.1) is 0 Å². The van der Waals surface area contributed by atoms with Crippen LogP contribution in [0.2, 0.25) is 5.02 Å². The van der Waals surface area contributed by atoms with Gasteiger partial charge in [0, 0.05) is 17.5 Å². The van der Waals surface area contributed by atoms with Crippen LogP contribution in [0.4, 0.5) is 5.82 Å². The molecule has 2 fully saturated rings. The summed E-state index contributed by atoms with van der Waals surface area (Å²) in [5.41, 5.74) is 8.28. The molecule has 2 aromatic rings. The second kappa shape index (κ2) is 5.06. The molecule has 4 heteroatoms. The van der Waals surface area contributed by atoms with Gasteiger partial charge in [-0.1, -0.05) is 42.6 Å². The van der Waals surface area contributed by atoms with E-state index in [9.17, 15) is 0 Å². The average Bonchev–Trinajstić information content (AvgIpc) is 3.05. The summed E-state index contributed by atoms with van der Waals surface area (Å²) in [4.78, 5) is 4.94. The average molecular weight is 302 g/mol. The summed E-state index contributed by atoms with van der Waals surface area (Å²) in [6, 6.07) is 8.41. The number of imidazole rings is 1. The number of nitrogens with two attached hydrogens (primary N) is 1. The number of halogens is 1. The standard InChI is InChI=1S/C17H20ClN3/c18-14-8-4-3-7-13(14)15-16(19)21(12-9-10-12)17(20-15)11-5-1-2-6-11/h3-4,7-8,11-12H,1-2,5-6,9-10,19H2. The summed E-state index contributed by atoms with van der Waals surface area (Å²) in [6.07, 6.45) is 7.55. The fourth-order valence-corrected chi connectivity index (χ4v) is 3.73. The predicted octanol–water partition coefficient (Wildman–Crippen LogP) is 4.78. The maximum absolute atomic E-state index is 6.46. The minimum atomic E-state index is 0.560. The van der Waals surface area contributed by atoms with Crippen molar-refractivity contribution in [1.82, 2.24) is 9.55 Å². The lowest BCUT2D eigenvalue weighted by atomic mass is 10.1. The van der Waals surface area contributed by atoms with Crippen LogP contribution >= 0.6 is 11.6 Å². The lowest BCUT2D eigenvalue weighted by Gasteiger charge is -2.12. The van der Waals surface area contributed by atoms with E-state index in [0.717, 1.165) is 22.1 Å². The van der Waals surface area contributed by atoms with E-state index < -0.39 is 0 Å². The van der Waals surface area contributed by atoms with Crippen molar-refractivity contribution in [1.29, 1.82) is 0 Å². The summed E-state index contributed by atoms with van der Waals surface area (Å²) in [6.45, 7) is 0. The summed E-state index contributed by atoms with van der Waals surface area (Å²) in [5, 5.41) is 0.725. The molecule has 2 aliphatic rings. The summed E-state index contributed by atoms with van der Waals surface area (Å²) in [5.74, 6) is 2.57. The first kappa shape index (κ1) is 13.2. The van der Waals surface area contributed by atoms with Gasteiger partial charge in [0.15, 0.2) is 0 Å². The number of hydrogen-bond donors (Lipinski definition) is 1. The Labute approximate surface area is 130 Å². The Bertz CT molecular complexity index is 667. The molecule has 2 saturated carbocycles. The summed E-state index contributed by atoms with van der Waals surface area (Å²) in [7, 11) is 0. The fraction of sp³-hybridized carbons (Fsp3) is 0.471. The minimum Gasteiger partial charge on any atom is -0.383 e. The van der Waals surface area contributed by atoms with Gasteiger partial charge in [-0.2, -0.15) is 0 Å². The minimum absolute atomic E-state index is 0.560. The molecule has 110 valence electrons. The van der Waals surface area contributed by atoms with E-state index in [1.165, 1.54) is 44.3 Å². The molecule has 1 aromatic carbocycles. The van der Waals surface area contributed by atoms with Crippen molar-refractivity contribution in [3.05, 3.63) is 35.1 Å². The Morgan fingerprint density at radius 3 is 2.48 bits per heavy atom. The molecule has 3 nitrogen and oxygen atoms in total. The molecule has 1 aromatic heterocycles. The third kappa shape index (κ3) is 2.24. The first-order valence-corrected chi connectivity index (χ1v) is 8.26. The normalized spacial score (nSPS) is 19.3. The van der Waals surface area contributed by atoms with Gasteiger partial charge in [-0.15, -0.1) is 0 Å². The molecule has 0 amide bonds. The monoisotopic (exact) mass is 301 g/mol. The van der Waals surface area contributed by atoms with Crippen molar-refractivity contribution >= 4 is 17.4 Å². The van der Waals surface area contributed by atoms with Crippen molar-refractivity contribution in [3.63, 3.8) is 0 Å². The topological polar surface area (TPSA) is 43.8 Å². The highest BCUT2D eigenvalue weighted by molar-refractivity contribution is 6.33. The van der Waals surface area contributed by atoms with E-state index in [1.807, 2.05) is 24.3 Å². The van der Waals surface area contributed by atoms with Gasteiger partial charge in [0.05, 0.1) is 5.02 Å². The van der Waals surface area contributed by atoms with E-state index in [-0.39, 0.29) is 0 Å². The lowest BCUT2D eigenvalue weighted by molar-refractivity contribution is 0.596. The molecule has 0 atom stereocenters. The highest BCUT2D eigenvalue weighted by Crippen LogP contribution is 2.45. The molecular weight excluding hydrogens is 282 g/mol. The predicted molar refractivity (Wildman–Crippen MR) is 86.6 cm³/mol. The van der Waals surface area contributed by atoms with Gasteiger partial charge in [0.2, 0.25) is 0 Å². The van der Waals surface area contributed by atoms with Crippen molar-refractivity contribution < 1.29 is 0 Å². The quantitative estimate of drug-likeness (QED) is 0.886. The van der Waals surface area contributed by atoms with Crippen LogP contribution in [-0.2, 0) is 0 Å². The summed E-state index contributed by atoms with van der Waals surface area (Å²) >= 11 is 6.34. The third-order valence-electron chi connectivity index (χ3n) is 4.74. The molecule has 1 heterocycles. The van der Waals surface area contributed by atoms with Gasteiger partial charge in [-0.25, -0.2) is 4.98 Å². The van der Waals surface area contributed by atoms with Crippen LogP contribution in [0.3, 0.4) is 0 Å². The molecule has 2 N–H and O–H groups in total. The molecule has 2 aliphatic carbocycles. The van der Waals surface area contributed by atoms with Crippen LogP contribution in [-0.4, -0.2) is 9.55 Å². The zero-order chi connectivity index (χ0) is 14.4. The maximum Gasteiger partial charge on any atom is 0.132 e. The van der Waals surface area contributed by atoms with Crippen LogP contribution in [0.15, 0.2) is 24.3 Å². The highest BCUT2D eigenvalue weighted by Gasteiger charge is 2.33. The Morgan fingerprint density at radius 2 is 1.81 bits per heavy atom. The molecule has 4 rings (SSSR count). The fourth-order valence-electron chi connectivity index (χ4n) is 3.50. The number of nitrogens with zero attached hydrogens (tertiary/aromatic N) is 2. The number of aromatic nitrogens is 2. The van der Waals surface area contributed by atoms with Crippen LogP contribution in [0.5, 0.6) is 0 Å². The van der Waals surface area contributed by atoms with E-state index >= 15 is 0 Å². The molecule has 0 aliphatic heterocycles. The van der Waals surface area contributed by atoms with Gasteiger partial charge in [-0.3, -0.25) is 0 Å². The Balaban J connectivity index is 1.85. The Hall–Kier alpha value is -1.48. The molecule has 0 spiro atoms. The Kier molecular flexibility index (Phi) is 3.18. The van der Waals surface area contributed by atoms with Gasteiger partial charge in [0.1, 0.15) is 17.3 Å². The number of nitrogen functional groups attached to an aromatic ring is 1. The van der Waals surface area contributed by atoms with E-state index in [2.05, 4.69) is 4.57 Å². The Morgan fingerprint density at radius 1 is 1.10 bits per heavy atom. The number of anilines is 1. The van der Waals surface area contributed by atoms with Crippen LogP contribution in [0.1, 0.15) is 56.3 Å². The molecule has 0 radical (unpaired) electrons. The largest absolute Gasteiger partial charge is 0.383 e. The smallest absolute Gasteiger partial charge is 0.132 e. The van der Waals surface area contributed by atoms with Crippen molar-refractivity contribution in [2.24, 2.45) is 0 Å². The molecule has 0 saturated heterocycles. The van der Waals surface area contributed by atoms with Gasteiger partial charge < -0.3 is 10.3 Å². The van der Waals surface area contributed by atoms with Gasteiger partial charge in [0.25, 0.3) is 0 Å². The van der Waals surface area contributed by atoms with E-state index in [0.29, 0.717) is 12.0 Å².